The van der Waals surface area contributed by atoms with Crippen molar-refractivity contribution in [3.8, 4) is 17.5 Å². The number of sulfonamides is 1. The van der Waals surface area contributed by atoms with Crippen LogP contribution in [0.4, 0.5) is 0 Å². The fourth-order valence-electron chi connectivity index (χ4n) is 3.88. The summed E-state index contributed by atoms with van der Waals surface area (Å²) < 4.78 is 30.1. The fraction of sp³-hybridized carbons (Fsp3) is 0.381. The van der Waals surface area contributed by atoms with Crippen LogP contribution in [-0.2, 0) is 10.0 Å². The molecule has 2 aliphatic rings. The molecule has 0 aliphatic heterocycles. The number of fused-ring (bicyclic) bond motifs is 1. The van der Waals surface area contributed by atoms with Crippen LogP contribution in [0.15, 0.2) is 35.5 Å². The van der Waals surface area contributed by atoms with Crippen molar-refractivity contribution in [1.82, 2.24) is 19.3 Å². The minimum atomic E-state index is -3.63. The molecule has 0 amide bonds. The maximum Gasteiger partial charge on any atom is 0.242 e. The number of pyridine rings is 2. The van der Waals surface area contributed by atoms with Crippen molar-refractivity contribution < 1.29 is 8.42 Å². The van der Waals surface area contributed by atoms with Gasteiger partial charge in [-0.2, -0.15) is 5.26 Å². The summed E-state index contributed by atoms with van der Waals surface area (Å²) in [6, 6.07) is 7.47. The van der Waals surface area contributed by atoms with Crippen molar-refractivity contribution >= 4 is 32.7 Å². The van der Waals surface area contributed by atoms with Crippen molar-refractivity contribution in [3.05, 3.63) is 41.2 Å². The van der Waals surface area contributed by atoms with Crippen LogP contribution < -0.4 is 4.72 Å². The summed E-state index contributed by atoms with van der Waals surface area (Å²) in [5.41, 5.74) is 2.02. The highest BCUT2D eigenvalue weighted by atomic mass is 35.5. The first kappa shape index (κ1) is 19.5. The maximum absolute atomic E-state index is 12.6. The van der Waals surface area contributed by atoms with Gasteiger partial charge in [-0.1, -0.05) is 11.6 Å². The molecule has 2 aliphatic carbocycles. The lowest BCUT2D eigenvalue weighted by Gasteiger charge is -2.29. The zero-order valence-corrected chi connectivity index (χ0v) is 18.0. The minimum absolute atomic E-state index is 0.116. The highest BCUT2D eigenvalue weighted by Crippen LogP contribution is 2.42. The van der Waals surface area contributed by atoms with E-state index in [0.29, 0.717) is 33.0 Å². The third-order valence-corrected chi connectivity index (χ3v) is 7.86. The van der Waals surface area contributed by atoms with E-state index in [0.717, 1.165) is 32.1 Å². The third kappa shape index (κ3) is 3.18. The highest BCUT2D eigenvalue weighted by Gasteiger charge is 2.41. The number of hydrogen-bond donors (Lipinski definition) is 1. The van der Waals surface area contributed by atoms with E-state index in [9.17, 15) is 13.7 Å². The number of nitrogens with zero attached hydrogens (tertiary/aromatic N) is 4. The molecule has 0 bridgehead atoms. The fourth-order valence-corrected chi connectivity index (χ4v) is 5.45. The van der Waals surface area contributed by atoms with E-state index in [2.05, 4.69) is 25.3 Å². The van der Waals surface area contributed by atoms with Gasteiger partial charge >= 0.3 is 0 Å². The Hall–Kier alpha value is -2.47. The van der Waals surface area contributed by atoms with Crippen LogP contribution in [0, 0.1) is 11.3 Å². The van der Waals surface area contributed by atoms with Crippen molar-refractivity contribution in [1.29, 1.82) is 5.26 Å². The molecule has 0 unspecified atom stereocenters. The maximum atomic E-state index is 12.6. The largest absolute Gasteiger partial charge is 0.320 e. The van der Waals surface area contributed by atoms with Crippen LogP contribution in [-0.4, -0.2) is 28.5 Å². The summed E-state index contributed by atoms with van der Waals surface area (Å²) in [7, 11) is -3.63. The zero-order chi connectivity index (χ0) is 21.1. The van der Waals surface area contributed by atoms with Gasteiger partial charge in [-0.3, -0.25) is 4.98 Å². The molecule has 30 heavy (non-hydrogen) atoms. The average Bonchev–Trinajstić information content (AvgIpc) is 3.30. The molecule has 2 fully saturated rings. The van der Waals surface area contributed by atoms with Crippen LogP contribution in [0.25, 0.3) is 22.4 Å². The van der Waals surface area contributed by atoms with Gasteiger partial charge in [0, 0.05) is 29.4 Å². The smallest absolute Gasteiger partial charge is 0.242 e. The average molecular weight is 442 g/mol. The molecule has 3 aromatic rings. The van der Waals surface area contributed by atoms with Gasteiger partial charge in [0.25, 0.3) is 0 Å². The number of hydrogen-bond acceptors (Lipinski definition) is 5. The molecule has 5 rings (SSSR count). The molecule has 154 valence electrons. The van der Waals surface area contributed by atoms with Gasteiger partial charge in [0.2, 0.25) is 10.0 Å². The zero-order valence-electron chi connectivity index (χ0n) is 16.4. The Morgan fingerprint density at radius 1 is 1.27 bits per heavy atom. The number of rotatable bonds is 5. The molecule has 1 N–H and O–H groups in total. The van der Waals surface area contributed by atoms with E-state index in [1.807, 2.05) is 6.92 Å². The second-order valence-electron chi connectivity index (χ2n) is 8.36. The molecule has 0 radical (unpaired) electrons. The molecule has 0 atom stereocenters. The standard InChI is InChI=1S/C21H20ClN5O2S/c1-21(7-8-21)26-30(28,29)15-5-6-18(24-12-15)19-17(10-23)16-9-13(22)11-25-20(16)27(19)14-3-2-4-14/h5-6,9,11-12,14,26H,2-4,7-8H2,1H3. The number of nitrogens with one attached hydrogen (secondary N) is 1. The predicted octanol–water partition coefficient (Wildman–Crippen LogP) is 4.18. The molecule has 0 aromatic carbocycles. The van der Waals surface area contributed by atoms with Gasteiger partial charge in [-0.05, 0) is 57.2 Å². The summed E-state index contributed by atoms with van der Waals surface area (Å²) in [5, 5.41) is 11.1. The number of aromatic nitrogens is 3. The van der Waals surface area contributed by atoms with Gasteiger partial charge < -0.3 is 4.57 Å². The van der Waals surface area contributed by atoms with Gasteiger partial charge in [0.15, 0.2) is 0 Å². The lowest BCUT2D eigenvalue weighted by Crippen LogP contribution is -2.34. The first-order valence-electron chi connectivity index (χ1n) is 9.91. The lowest BCUT2D eigenvalue weighted by atomic mass is 9.92. The van der Waals surface area contributed by atoms with Crippen LogP contribution in [0.2, 0.25) is 5.02 Å². The first-order chi connectivity index (χ1) is 14.3. The second kappa shape index (κ2) is 6.77. The van der Waals surface area contributed by atoms with Gasteiger partial charge in [0.05, 0.1) is 22.0 Å². The Balaban J connectivity index is 1.63. The molecule has 3 heterocycles. The summed E-state index contributed by atoms with van der Waals surface area (Å²) in [6.45, 7) is 1.89. The van der Waals surface area contributed by atoms with Crippen LogP contribution in [0.1, 0.15) is 50.6 Å². The normalized spacial score (nSPS) is 18.2. The van der Waals surface area contributed by atoms with Gasteiger partial charge in [-0.15, -0.1) is 0 Å². The lowest BCUT2D eigenvalue weighted by molar-refractivity contribution is 0.322. The molecule has 3 aromatic heterocycles. The molecule has 7 nitrogen and oxygen atoms in total. The van der Waals surface area contributed by atoms with E-state index >= 15 is 0 Å². The third-order valence-electron chi connectivity index (χ3n) is 6.03. The second-order valence-corrected chi connectivity index (χ2v) is 10.5. The summed E-state index contributed by atoms with van der Waals surface area (Å²) in [6.07, 6.45) is 7.72. The molecular weight excluding hydrogens is 422 g/mol. The van der Waals surface area contributed by atoms with E-state index in [4.69, 9.17) is 11.6 Å². The Labute approximate surface area is 179 Å². The quantitative estimate of drug-likeness (QED) is 0.640. The van der Waals surface area contributed by atoms with Crippen molar-refractivity contribution in [2.45, 2.75) is 55.5 Å². The van der Waals surface area contributed by atoms with E-state index in [1.165, 1.54) is 6.20 Å². The van der Waals surface area contributed by atoms with E-state index in [1.54, 1.807) is 24.4 Å². The molecule has 0 spiro atoms. The summed E-state index contributed by atoms with van der Waals surface area (Å²) >= 11 is 6.14. The van der Waals surface area contributed by atoms with E-state index < -0.39 is 10.0 Å². The predicted molar refractivity (Wildman–Crippen MR) is 114 cm³/mol. The Bertz CT molecular complexity index is 1300. The van der Waals surface area contributed by atoms with Crippen molar-refractivity contribution in [3.63, 3.8) is 0 Å². The Morgan fingerprint density at radius 2 is 2.03 bits per heavy atom. The topological polar surface area (TPSA) is 101 Å². The SMILES string of the molecule is CC1(NS(=O)(=O)c2ccc(-c3c(C#N)c4cc(Cl)cnc4n3C3CCC3)nc2)CC1. The molecular formula is C21H20ClN5O2S. The van der Waals surface area contributed by atoms with E-state index in [-0.39, 0.29) is 16.5 Å². The molecule has 0 saturated heterocycles. The van der Waals surface area contributed by atoms with Gasteiger partial charge in [0.1, 0.15) is 16.6 Å². The molecule has 2 saturated carbocycles. The van der Waals surface area contributed by atoms with Crippen LogP contribution in [0.3, 0.4) is 0 Å². The first-order valence-corrected chi connectivity index (χ1v) is 11.8. The minimum Gasteiger partial charge on any atom is -0.320 e. The monoisotopic (exact) mass is 441 g/mol. The van der Waals surface area contributed by atoms with Crippen LogP contribution in [0.5, 0.6) is 0 Å². The highest BCUT2D eigenvalue weighted by molar-refractivity contribution is 7.89. The summed E-state index contributed by atoms with van der Waals surface area (Å²) in [4.78, 5) is 9.05. The van der Waals surface area contributed by atoms with Crippen LogP contribution >= 0.6 is 11.6 Å². The van der Waals surface area contributed by atoms with Gasteiger partial charge in [-0.25, -0.2) is 18.1 Å². The Morgan fingerprint density at radius 3 is 2.60 bits per heavy atom. The Kier molecular flexibility index (Phi) is 4.40. The van der Waals surface area contributed by atoms with Crippen molar-refractivity contribution in [2.75, 3.05) is 0 Å². The molecule has 9 heteroatoms. The number of nitriles is 1. The van der Waals surface area contributed by atoms with Crippen molar-refractivity contribution in [2.24, 2.45) is 0 Å². The summed E-state index contributed by atoms with van der Waals surface area (Å²) in [5.74, 6) is 0. The number of halogens is 1.